The second-order valence-electron chi connectivity index (χ2n) is 7.92. The second-order valence-corrected chi connectivity index (χ2v) is 13.5. The number of nitro benzene ring substituents is 1. The van der Waals surface area contributed by atoms with Crippen LogP contribution in [0.3, 0.4) is 0 Å². The molecule has 0 N–H and O–H groups in total. The Labute approximate surface area is 169 Å². The average molecular weight is 412 g/mol. The molecule has 1 aromatic heterocycles. The van der Waals surface area contributed by atoms with Gasteiger partial charge in [-0.05, 0) is 36.2 Å². The Morgan fingerprint density at radius 1 is 1.21 bits per heavy atom. The van der Waals surface area contributed by atoms with E-state index in [2.05, 4.69) is 36.6 Å². The van der Waals surface area contributed by atoms with Crippen molar-refractivity contribution in [1.82, 2.24) is 9.78 Å². The normalized spacial score (nSPS) is 11.3. The molecule has 0 aliphatic heterocycles. The molecule has 0 fully saturated rings. The van der Waals surface area contributed by atoms with Gasteiger partial charge in [-0.1, -0.05) is 31.6 Å². The number of hydrogen-bond donors (Lipinski definition) is 0. The quantitative estimate of drug-likeness (QED) is 0.192. The molecule has 6 nitrogen and oxygen atoms in total. The van der Waals surface area contributed by atoms with E-state index in [0.29, 0.717) is 28.8 Å². The van der Waals surface area contributed by atoms with E-state index < -0.39 is 13.0 Å². The van der Waals surface area contributed by atoms with Crippen molar-refractivity contribution in [1.29, 1.82) is 0 Å². The minimum absolute atomic E-state index is 0.0366. The van der Waals surface area contributed by atoms with Gasteiger partial charge in [-0.2, -0.15) is 5.10 Å². The Bertz CT molecular complexity index is 1110. The Balaban J connectivity index is 1.93. The van der Waals surface area contributed by atoms with E-state index in [1.165, 1.54) is 24.3 Å². The molecule has 0 atom stereocenters. The minimum atomic E-state index is -1.20. The first-order valence-corrected chi connectivity index (χ1v) is 12.9. The van der Waals surface area contributed by atoms with Gasteiger partial charge in [-0.15, -0.1) is 0 Å². The molecule has 2 aromatic carbocycles. The van der Waals surface area contributed by atoms with Crippen LogP contribution in [-0.2, 0) is 11.5 Å². The molecule has 0 bridgehead atoms. The largest absolute Gasteiger partial charge is 0.360 e. The summed E-state index contributed by atoms with van der Waals surface area (Å²) in [5.74, 6) is 5.41. The zero-order chi connectivity index (χ0) is 21.0. The molecular formula is C21H22FN3O3Si. The van der Waals surface area contributed by atoms with Gasteiger partial charge in [-0.3, -0.25) is 10.1 Å². The number of non-ortho nitro benzene ring substituents is 1. The van der Waals surface area contributed by atoms with Crippen molar-refractivity contribution in [3.8, 4) is 11.8 Å². The monoisotopic (exact) mass is 411 g/mol. The molecule has 0 aliphatic carbocycles. The molecule has 8 heteroatoms. The van der Waals surface area contributed by atoms with Gasteiger partial charge in [0, 0.05) is 37.8 Å². The first kappa shape index (κ1) is 20.7. The topological polar surface area (TPSA) is 70.2 Å². The van der Waals surface area contributed by atoms with Crippen LogP contribution in [0.1, 0.15) is 11.3 Å². The molecular weight excluding hydrogens is 389 g/mol. The third-order valence-corrected chi connectivity index (χ3v) is 6.01. The van der Waals surface area contributed by atoms with Crippen molar-refractivity contribution in [2.45, 2.75) is 32.4 Å². The van der Waals surface area contributed by atoms with Crippen molar-refractivity contribution in [3.63, 3.8) is 0 Å². The summed E-state index contributed by atoms with van der Waals surface area (Å²) in [5.41, 5.74) is 1.56. The van der Waals surface area contributed by atoms with Crippen molar-refractivity contribution < 1.29 is 14.1 Å². The number of ether oxygens (including phenoxy) is 1. The summed E-state index contributed by atoms with van der Waals surface area (Å²) in [7, 11) is -1.20. The van der Waals surface area contributed by atoms with Crippen LogP contribution in [0.4, 0.5) is 10.1 Å². The highest BCUT2D eigenvalue weighted by Gasteiger charge is 2.15. The van der Waals surface area contributed by atoms with Gasteiger partial charge in [0.15, 0.2) is 0 Å². The van der Waals surface area contributed by atoms with E-state index >= 15 is 0 Å². The third-order valence-electron chi connectivity index (χ3n) is 4.30. The molecule has 0 spiro atoms. The number of aromatic nitrogens is 2. The van der Waals surface area contributed by atoms with Crippen molar-refractivity contribution in [2.75, 3.05) is 6.61 Å². The Kier molecular flexibility index (Phi) is 6.11. The van der Waals surface area contributed by atoms with Gasteiger partial charge in [0.05, 0.1) is 10.4 Å². The maximum Gasteiger partial charge on any atom is 0.270 e. The zero-order valence-corrected chi connectivity index (χ0v) is 17.6. The lowest BCUT2D eigenvalue weighted by molar-refractivity contribution is -0.384. The number of benzene rings is 2. The number of nitrogens with zero attached hydrogens (tertiary/aromatic N) is 3. The number of hydrogen-bond acceptors (Lipinski definition) is 4. The van der Waals surface area contributed by atoms with Gasteiger partial charge in [-0.25, -0.2) is 9.07 Å². The molecule has 0 unspecified atom stereocenters. The number of halogens is 1. The summed E-state index contributed by atoms with van der Waals surface area (Å²) in [6, 6.07) is 11.5. The summed E-state index contributed by atoms with van der Waals surface area (Å²) < 4.78 is 20.8. The van der Waals surface area contributed by atoms with Gasteiger partial charge in [0.2, 0.25) is 0 Å². The molecule has 3 aromatic rings. The molecule has 150 valence electrons. The minimum Gasteiger partial charge on any atom is -0.360 e. The van der Waals surface area contributed by atoms with Crippen molar-refractivity contribution >= 4 is 24.7 Å². The summed E-state index contributed by atoms with van der Waals surface area (Å²) in [4.78, 5) is 10.7. The molecule has 0 saturated heterocycles. The summed E-state index contributed by atoms with van der Waals surface area (Å²) >= 11 is 0. The Morgan fingerprint density at radius 2 is 2.00 bits per heavy atom. The summed E-state index contributed by atoms with van der Waals surface area (Å²) in [6.07, 6.45) is 0. The number of rotatable bonds is 6. The van der Waals surface area contributed by atoms with Crippen LogP contribution < -0.4 is 0 Å². The van der Waals surface area contributed by atoms with Crippen molar-refractivity contribution in [2.24, 2.45) is 0 Å². The highest BCUT2D eigenvalue weighted by atomic mass is 28.3. The van der Waals surface area contributed by atoms with E-state index in [1.807, 2.05) is 0 Å². The molecule has 29 heavy (non-hydrogen) atoms. The molecule has 1 heterocycles. The average Bonchev–Trinajstić information content (AvgIpc) is 3.00. The molecule has 0 aliphatic rings. The van der Waals surface area contributed by atoms with E-state index in [1.54, 1.807) is 22.9 Å². The SMILES string of the molecule is C[Si](C)(C)CCOCn1nc(C#Cc2cccc(F)c2)c2cc([N+](=O)[O-])ccc21. The first-order chi connectivity index (χ1) is 13.7. The predicted octanol–water partition coefficient (Wildman–Crippen LogP) is 4.80. The fourth-order valence-corrected chi connectivity index (χ4v) is 3.46. The zero-order valence-electron chi connectivity index (χ0n) is 16.6. The summed E-state index contributed by atoms with van der Waals surface area (Å²) in [6.45, 7) is 7.70. The van der Waals surface area contributed by atoms with Crippen LogP contribution in [0.25, 0.3) is 10.9 Å². The third kappa shape index (κ3) is 5.50. The van der Waals surface area contributed by atoms with E-state index in [4.69, 9.17) is 4.74 Å². The van der Waals surface area contributed by atoms with Crippen LogP contribution >= 0.6 is 0 Å². The van der Waals surface area contributed by atoms with Crippen LogP contribution in [0.5, 0.6) is 0 Å². The lowest BCUT2D eigenvalue weighted by Crippen LogP contribution is -2.22. The molecule has 0 saturated carbocycles. The smallest absolute Gasteiger partial charge is 0.270 e. The molecule has 0 amide bonds. The number of fused-ring (bicyclic) bond motifs is 1. The fraction of sp³-hybridized carbons (Fsp3) is 0.286. The lowest BCUT2D eigenvalue weighted by Gasteiger charge is -2.15. The van der Waals surface area contributed by atoms with Crippen LogP contribution in [0, 0.1) is 27.8 Å². The highest BCUT2D eigenvalue weighted by molar-refractivity contribution is 6.76. The lowest BCUT2D eigenvalue weighted by atomic mass is 10.1. The van der Waals surface area contributed by atoms with Gasteiger partial charge in [0.25, 0.3) is 5.69 Å². The van der Waals surface area contributed by atoms with Crippen molar-refractivity contribution in [3.05, 3.63) is 69.7 Å². The molecule has 3 rings (SSSR count). The Hall–Kier alpha value is -3.02. The maximum atomic E-state index is 13.4. The molecule has 0 radical (unpaired) electrons. The van der Waals surface area contributed by atoms with Gasteiger partial charge in [0.1, 0.15) is 18.2 Å². The van der Waals surface area contributed by atoms with Crippen LogP contribution in [-0.4, -0.2) is 29.4 Å². The van der Waals surface area contributed by atoms with E-state index in [9.17, 15) is 14.5 Å². The number of nitro groups is 1. The van der Waals surface area contributed by atoms with Gasteiger partial charge < -0.3 is 4.74 Å². The highest BCUT2D eigenvalue weighted by Crippen LogP contribution is 2.24. The fourth-order valence-electron chi connectivity index (χ4n) is 2.70. The maximum absolute atomic E-state index is 13.4. The summed E-state index contributed by atoms with van der Waals surface area (Å²) in [5, 5.41) is 16.2. The second kappa shape index (κ2) is 8.55. The van der Waals surface area contributed by atoms with Crippen LogP contribution in [0.2, 0.25) is 25.7 Å². The van der Waals surface area contributed by atoms with E-state index in [0.717, 1.165) is 6.04 Å². The first-order valence-electron chi connectivity index (χ1n) is 9.23. The standard InChI is InChI=1S/C21H22FN3O3Si/c1-29(2,3)12-11-28-15-24-21-10-8-18(25(26)27)14-19(21)20(23-24)9-7-16-5-4-6-17(22)13-16/h4-6,8,10,13-14H,11-12,15H2,1-3H3. The predicted molar refractivity (Wildman–Crippen MR) is 113 cm³/mol. The Morgan fingerprint density at radius 3 is 2.69 bits per heavy atom. The van der Waals surface area contributed by atoms with Crippen LogP contribution in [0.15, 0.2) is 42.5 Å². The van der Waals surface area contributed by atoms with E-state index in [-0.39, 0.29) is 18.2 Å². The van der Waals surface area contributed by atoms with Gasteiger partial charge >= 0.3 is 0 Å².